The van der Waals surface area contributed by atoms with Gasteiger partial charge in [0.2, 0.25) is 17.9 Å². The first-order valence-electron chi connectivity index (χ1n) is 14.5. The third-order valence-corrected chi connectivity index (χ3v) is 9.57. The minimum Gasteiger partial charge on any atom is -0.394 e. The van der Waals surface area contributed by atoms with Crippen LogP contribution in [0.1, 0.15) is 83.1 Å². The summed E-state index contributed by atoms with van der Waals surface area (Å²) >= 11 is 0. The fourth-order valence-corrected chi connectivity index (χ4v) is 5.70. The molecule has 0 saturated carbocycles. The molecule has 26 heteroatoms. The van der Waals surface area contributed by atoms with Crippen molar-refractivity contribution >= 4 is 137 Å². The Bertz CT molecular complexity index is 780. The lowest BCUT2D eigenvalue weighted by Crippen LogP contribution is -2.39. The van der Waals surface area contributed by atoms with Gasteiger partial charge in [-0.2, -0.15) is 0 Å². The van der Waals surface area contributed by atoms with Crippen LogP contribution in [0.2, 0.25) is 0 Å². The second-order valence-corrected chi connectivity index (χ2v) is 15.0. The van der Waals surface area contributed by atoms with Crippen LogP contribution in [0, 0.1) is 0 Å². The van der Waals surface area contributed by atoms with E-state index < -0.39 is 0 Å². The van der Waals surface area contributed by atoms with E-state index >= 15 is 0 Å². The average Bonchev–Trinajstić information content (AvgIpc) is 2.99. The molecule has 292 valence electrons. The molecule has 0 aliphatic carbocycles. The third kappa shape index (κ3) is 42.6. The summed E-state index contributed by atoms with van der Waals surface area (Å²) in [5, 5.41) is 27.3. The number of hydrogen-bond acceptors (Lipinski definition) is 6. The first-order valence-corrected chi connectivity index (χ1v) is 20.9. The monoisotopic (exact) mass is 908 g/mol. The summed E-state index contributed by atoms with van der Waals surface area (Å²) in [5.74, 6) is 3.26. The first-order chi connectivity index (χ1) is 22.0. The highest BCUT2D eigenvalue weighted by molar-refractivity contribution is 7.20. The van der Waals surface area contributed by atoms with Crippen LogP contribution < -0.4 is 20.3 Å². The second-order valence-electron chi connectivity index (χ2n) is 10.6. The number of aliphatic hydroxyl groups excluding tert-OH is 2. The normalized spacial score (nSPS) is 10.4. The molecule has 0 bridgehead atoms. The van der Waals surface area contributed by atoms with Gasteiger partial charge >= 0.3 is 0 Å². The molecule has 0 spiro atoms. The Labute approximate surface area is 322 Å². The van der Waals surface area contributed by atoms with Crippen LogP contribution in [-0.2, 0) is 0 Å². The highest BCUT2D eigenvalue weighted by Crippen LogP contribution is 2.17. The van der Waals surface area contributed by atoms with E-state index in [4.69, 9.17) is 10.2 Å². The summed E-state index contributed by atoms with van der Waals surface area (Å²) in [5.41, 5.74) is 0. The van der Waals surface area contributed by atoms with Crippen molar-refractivity contribution in [2.24, 2.45) is 19.1 Å². The Morgan fingerprint density at radius 3 is 0.729 bits per heavy atom. The van der Waals surface area contributed by atoms with Crippen LogP contribution in [0.5, 0.6) is 0 Å². The van der Waals surface area contributed by atoms with Gasteiger partial charge in [-0.3, -0.25) is 0 Å². The van der Waals surface area contributed by atoms with Gasteiger partial charge in [0, 0.05) is 36.4 Å². The summed E-state index contributed by atoms with van der Waals surface area (Å²) in [4.78, 5) is 0. The van der Waals surface area contributed by atoms with Gasteiger partial charge in [-0.1, -0.05) is 0 Å². The molecule has 0 amide bonds. The lowest BCUT2D eigenvalue weighted by molar-refractivity contribution is 0.215. The van der Waals surface area contributed by atoms with Crippen LogP contribution in [0.25, 0.3) is 0 Å². The molecule has 48 heavy (non-hydrogen) atoms. The molecule has 0 aromatic carbocycles. The minimum atomic E-state index is -0.167. The van der Waals surface area contributed by atoms with Crippen molar-refractivity contribution < 1.29 is 10.2 Å². The molecule has 0 fully saturated rings. The van der Waals surface area contributed by atoms with Gasteiger partial charge in [-0.15, -0.1) is 0 Å². The lowest BCUT2D eigenvalue weighted by atomic mass is 10.4. The first kappa shape index (κ1) is 62.2. The Morgan fingerprint density at radius 1 is 0.438 bits per heavy atom. The van der Waals surface area contributed by atoms with Gasteiger partial charge in [0.1, 0.15) is 0 Å². The molecule has 0 aliphatic heterocycles. The molecule has 14 nitrogen and oxygen atoms in total. The molecule has 0 aliphatic rings. The van der Waals surface area contributed by atoms with Crippen molar-refractivity contribution in [1.29, 1.82) is 0 Å². The van der Waals surface area contributed by atoms with Crippen molar-refractivity contribution in [3.05, 3.63) is 0 Å². The predicted molar refractivity (Wildman–Crippen MR) is 261 cm³/mol. The van der Waals surface area contributed by atoms with E-state index in [0.717, 1.165) is 17.9 Å². The van der Waals surface area contributed by atoms with Gasteiger partial charge < -0.3 is 49.2 Å². The molecule has 0 aromatic heterocycles. The number of guanidine groups is 4. The highest BCUT2D eigenvalue weighted by Gasteiger charge is 2.16. The van der Waals surface area contributed by atoms with Crippen molar-refractivity contribution in [2.45, 2.75) is 119 Å². The van der Waals surface area contributed by atoms with Crippen molar-refractivity contribution in [1.82, 2.24) is 39.0 Å². The van der Waals surface area contributed by atoms with Gasteiger partial charge in [0.15, 0.2) is 5.96 Å². The molecule has 12 atom stereocenters. The summed E-state index contributed by atoms with van der Waals surface area (Å²) in [6.07, 6.45) is -0.333. The molecule has 0 rings (SSSR count). The van der Waals surface area contributed by atoms with E-state index in [2.05, 4.69) is 217 Å². The molecule has 0 radical (unpaired) electrons. The number of nitrogens with one attached hydrogen (secondary N) is 4. The van der Waals surface area contributed by atoms with E-state index in [-0.39, 0.29) is 12.2 Å². The van der Waals surface area contributed by atoms with Crippen LogP contribution in [0.3, 0.4) is 0 Å². The van der Waals surface area contributed by atoms with E-state index in [1.54, 1.807) is 27.7 Å². The number of hydrogen-bond donors (Lipinski definition) is 6. The topological polar surface area (TPSA) is 151 Å². The summed E-state index contributed by atoms with van der Waals surface area (Å²) in [7, 11) is 29.2. The van der Waals surface area contributed by atoms with Gasteiger partial charge in [-0.25, -0.2) is 19.1 Å². The average molecular weight is 909 g/mol. The number of rotatable bonds is 4. The molecular formula is C22H72N12O2P12. The quantitative estimate of drug-likeness (QED) is 0.132. The molecule has 0 heterocycles. The van der Waals surface area contributed by atoms with Gasteiger partial charge in [0.05, 0.1) is 0 Å². The van der Waals surface area contributed by atoms with E-state index in [1.165, 1.54) is 0 Å². The Morgan fingerprint density at radius 2 is 0.667 bits per heavy atom. The number of aliphatic hydroxyl groups is 2. The predicted octanol–water partition coefficient (Wildman–Crippen LogP) is 4.83. The standard InChI is InChI=1S/C7H20N3P3.2C4H14N3P3.2C3H8O.CH8N3P3/c1-5(2)9(12)7(8-11)10(13)6(3)4;2*1-3(2)7(10)4(5-8)6-9;2*1-3(2)4;5-2-1(3-6)4-7/h5-6H,11-13H2,1-4H3;2*3H,8-10H2,1-2H3,(H,5,6);2*3-4H,1-2H3;5-7H2,(H2,2,3,4). The molecule has 0 saturated heterocycles. The molecule has 12 unspecified atom stereocenters. The van der Waals surface area contributed by atoms with Gasteiger partial charge in [0.25, 0.3) is 0 Å². The molecular weight excluding hydrogens is 836 g/mol. The summed E-state index contributed by atoms with van der Waals surface area (Å²) in [6.45, 7) is 23.7. The summed E-state index contributed by atoms with van der Waals surface area (Å²) in [6, 6.07) is 1.70. The smallest absolute Gasteiger partial charge is 0.206 e. The maximum Gasteiger partial charge on any atom is 0.206 e. The zero-order valence-electron chi connectivity index (χ0n) is 30.9. The highest BCUT2D eigenvalue weighted by atomic mass is 31.0. The maximum atomic E-state index is 8.06. The summed E-state index contributed by atoms with van der Waals surface area (Å²) < 4.78 is 23.8. The van der Waals surface area contributed by atoms with Gasteiger partial charge in [-0.05, 0) is 196 Å². The molecule has 6 N–H and O–H groups in total. The van der Waals surface area contributed by atoms with Crippen molar-refractivity contribution in [3.8, 4) is 0 Å². The van der Waals surface area contributed by atoms with Crippen LogP contribution in [-0.4, -0.2) is 89.1 Å². The van der Waals surface area contributed by atoms with Crippen molar-refractivity contribution in [2.75, 3.05) is 0 Å². The van der Waals surface area contributed by atoms with Crippen molar-refractivity contribution in [3.63, 3.8) is 0 Å². The minimum absolute atomic E-state index is 0.167. The fourth-order valence-electron chi connectivity index (χ4n) is 1.69. The Hall–Kier alpha value is 2.16. The third-order valence-electron chi connectivity index (χ3n) is 4.20. The fraction of sp³-hybridized carbons (Fsp3) is 0.818. The van der Waals surface area contributed by atoms with E-state index in [0.29, 0.717) is 30.1 Å². The SMILES string of the molecule is CC(C)N(P)C(=NP)N(P)C(C)C.CC(C)N(P)C(=NP)NP.CC(C)N(P)C(=NP)NP.CC(C)O.CC(C)O.PN=C(NP)NP. The van der Waals surface area contributed by atoms with Crippen LogP contribution >= 0.6 is 113 Å². The number of nitrogens with zero attached hydrogens (tertiary/aromatic N) is 8. The lowest BCUT2D eigenvalue weighted by Gasteiger charge is -2.33. The van der Waals surface area contributed by atoms with Crippen LogP contribution in [0.4, 0.5) is 0 Å². The Kier molecular flexibility index (Phi) is 54.3. The van der Waals surface area contributed by atoms with E-state index in [9.17, 15) is 0 Å². The zero-order chi connectivity index (χ0) is 39.7. The van der Waals surface area contributed by atoms with E-state index in [1.807, 2.05) is 9.34 Å². The zero-order valence-corrected chi connectivity index (χ0v) is 44.7. The largest absolute Gasteiger partial charge is 0.394 e. The van der Waals surface area contributed by atoms with Crippen LogP contribution in [0.15, 0.2) is 19.1 Å². The second kappa shape index (κ2) is 41.9. The Balaban J connectivity index is -0.000000115. The molecule has 0 aromatic rings. The maximum absolute atomic E-state index is 8.06.